The molecular formula is C18H25N3OS2. The quantitative estimate of drug-likeness (QED) is 0.890. The van der Waals surface area contributed by atoms with Gasteiger partial charge in [0.25, 0.3) is 5.56 Å². The van der Waals surface area contributed by atoms with Gasteiger partial charge in [0, 0.05) is 17.5 Å². The van der Waals surface area contributed by atoms with Crippen LogP contribution >= 0.6 is 23.1 Å². The lowest BCUT2D eigenvalue weighted by Crippen LogP contribution is -2.31. The van der Waals surface area contributed by atoms with Crippen molar-refractivity contribution in [3.63, 3.8) is 0 Å². The molecule has 1 fully saturated rings. The fraction of sp³-hybridized carbons (Fsp3) is 0.667. The maximum Gasteiger partial charge on any atom is 0.263 e. The van der Waals surface area contributed by atoms with Gasteiger partial charge in [0.15, 0.2) is 0 Å². The molecule has 0 aromatic carbocycles. The second-order valence-electron chi connectivity index (χ2n) is 6.81. The first-order valence-corrected chi connectivity index (χ1v) is 11.1. The van der Waals surface area contributed by atoms with Crippen LogP contribution in [0.25, 0.3) is 10.2 Å². The lowest BCUT2D eigenvalue weighted by molar-refractivity contribution is 0.615. The molecule has 1 saturated heterocycles. The van der Waals surface area contributed by atoms with Crippen LogP contribution in [0, 0.1) is 0 Å². The number of fused-ring (bicyclic) bond motifs is 3. The van der Waals surface area contributed by atoms with Crippen LogP contribution < -0.4 is 10.9 Å². The van der Waals surface area contributed by atoms with E-state index in [0.29, 0.717) is 6.04 Å². The zero-order valence-corrected chi connectivity index (χ0v) is 15.9. The van der Waals surface area contributed by atoms with E-state index in [9.17, 15) is 4.79 Å². The molecule has 0 amide bonds. The predicted octanol–water partition coefficient (Wildman–Crippen LogP) is 4.05. The molecule has 0 radical (unpaired) electrons. The number of anilines is 1. The van der Waals surface area contributed by atoms with Crippen LogP contribution in [0.4, 0.5) is 5.95 Å². The summed E-state index contributed by atoms with van der Waals surface area (Å²) in [5, 5.41) is 4.50. The van der Waals surface area contributed by atoms with Gasteiger partial charge in [-0.3, -0.25) is 9.36 Å². The molecule has 2 aliphatic rings. The van der Waals surface area contributed by atoms with E-state index in [-0.39, 0.29) is 5.56 Å². The molecule has 0 spiro atoms. The van der Waals surface area contributed by atoms with Crippen molar-refractivity contribution < 1.29 is 0 Å². The minimum atomic E-state index is 0.175. The van der Waals surface area contributed by atoms with Gasteiger partial charge in [0.05, 0.1) is 5.39 Å². The van der Waals surface area contributed by atoms with Crippen molar-refractivity contribution >= 4 is 39.3 Å². The first-order chi connectivity index (χ1) is 11.8. The van der Waals surface area contributed by atoms with Crippen molar-refractivity contribution in [1.29, 1.82) is 0 Å². The van der Waals surface area contributed by atoms with Crippen LogP contribution in [-0.2, 0) is 19.4 Å². The summed E-state index contributed by atoms with van der Waals surface area (Å²) in [7, 11) is 0. The molecule has 0 unspecified atom stereocenters. The summed E-state index contributed by atoms with van der Waals surface area (Å²) in [6.45, 7) is 2.87. The molecular weight excluding hydrogens is 338 g/mol. The smallest absolute Gasteiger partial charge is 0.263 e. The number of hydrogen-bond donors (Lipinski definition) is 1. The van der Waals surface area contributed by atoms with E-state index in [1.165, 1.54) is 34.8 Å². The number of nitrogens with zero attached hydrogens (tertiary/aromatic N) is 2. The molecule has 130 valence electrons. The van der Waals surface area contributed by atoms with E-state index in [1.807, 2.05) is 16.3 Å². The minimum absolute atomic E-state index is 0.175. The number of aromatic nitrogens is 2. The first-order valence-electron chi connectivity index (χ1n) is 9.17. The van der Waals surface area contributed by atoms with Crippen LogP contribution in [0.3, 0.4) is 0 Å². The summed E-state index contributed by atoms with van der Waals surface area (Å²) >= 11 is 3.77. The zero-order valence-electron chi connectivity index (χ0n) is 14.3. The van der Waals surface area contributed by atoms with Gasteiger partial charge in [-0.15, -0.1) is 11.3 Å². The Balaban J connectivity index is 1.79. The van der Waals surface area contributed by atoms with Crippen molar-refractivity contribution in [1.82, 2.24) is 9.55 Å². The fourth-order valence-corrected chi connectivity index (χ4v) is 6.16. The highest BCUT2D eigenvalue weighted by molar-refractivity contribution is 7.99. The van der Waals surface area contributed by atoms with E-state index >= 15 is 0 Å². The second kappa shape index (κ2) is 7.08. The molecule has 1 aliphatic carbocycles. The summed E-state index contributed by atoms with van der Waals surface area (Å²) in [6.07, 6.45) is 7.88. The van der Waals surface area contributed by atoms with E-state index in [1.54, 1.807) is 11.3 Å². The third-order valence-corrected chi connectivity index (χ3v) is 7.31. The van der Waals surface area contributed by atoms with Gasteiger partial charge in [0.2, 0.25) is 5.95 Å². The normalized spacial score (nSPS) is 18.7. The Morgan fingerprint density at radius 1 is 1.25 bits per heavy atom. The Labute approximate surface area is 151 Å². The highest BCUT2D eigenvalue weighted by Gasteiger charge is 2.23. The van der Waals surface area contributed by atoms with Crippen LogP contribution in [0.15, 0.2) is 4.79 Å². The number of rotatable bonds is 4. The topological polar surface area (TPSA) is 46.9 Å². The predicted molar refractivity (Wildman–Crippen MR) is 105 cm³/mol. The summed E-state index contributed by atoms with van der Waals surface area (Å²) in [4.78, 5) is 20.5. The lowest BCUT2D eigenvalue weighted by atomic mass is 9.97. The average molecular weight is 364 g/mol. The minimum Gasteiger partial charge on any atom is -0.353 e. The zero-order chi connectivity index (χ0) is 16.5. The Morgan fingerprint density at radius 3 is 2.83 bits per heavy atom. The number of aryl methyl sites for hydroxylation is 2. The highest BCUT2D eigenvalue weighted by Crippen LogP contribution is 2.34. The van der Waals surface area contributed by atoms with Gasteiger partial charge in [-0.05, 0) is 62.0 Å². The summed E-state index contributed by atoms with van der Waals surface area (Å²) in [6, 6.07) is 0.452. The number of thioether (sulfide) groups is 1. The van der Waals surface area contributed by atoms with E-state index in [4.69, 9.17) is 4.98 Å². The summed E-state index contributed by atoms with van der Waals surface area (Å²) in [5.74, 6) is 3.20. The third kappa shape index (κ3) is 2.99. The van der Waals surface area contributed by atoms with Gasteiger partial charge in [-0.25, -0.2) is 4.98 Å². The Kier molecular flexibility index (Phi) is 4.86. The third-order valence-electron chi connectivity index (χ3n) is 5.08. The summed E-state index contributed by atoms with van der Waals surface area (Å²) < 4.78 is 1.89. The number of hydrogen-bond acceptors (Lipinski definition) is 5. The van der Waals surface area contributed by atoms with Gasteiger partial charge >= 0.3 is 0 Å². The van der Waals surface area contributed by atoms with Crippen molar-refractivity contribution in [2.24, 2.45) is 0 Å². The first kappa shape index (κ1) is 16.5. The standard InChI is InChI=1S/C18H25N3OS2/c1-2-9-21-17(22)15-13-5-3-4-6-14(13)24-16(15)20-18(21)19-12-7-10-23-11-8-12/h12H,2-11H2,1H3,(H,19,20). The Bertz CT molecular complexity index is 790. The van der Waals surface area contributed by atoms with Gasteiger partial charge < -0.3 is 5.32 Å². The maximum atomic E-state index is 13.2. The molecule has 2 aromatic rings. The van der Waals surface area contributed by atoms with Gasteiger partial charge in [0.1, 0.15) is 4.83 Å². The molecule has 0 bridgehead atoms. The maximum absolute atomic E-state index is 13.2. The van der Waals surface area contributed by atoms with Crippen LogP contribution in [0.5, 0.6) is 0 Å². The van der Waals surface area contributed by atoms with Crippen LogP contribution in [0.1, 0.15) is 49.5 Å². The Hall–Kier alpha value is -1.01. The van der Waals surface area contributed by atoms with Gasteiger partial charge in [-0.1, -0.05) is 6.92 Å². The molecule has 0 saturated carbocycles. The van der Waals surface area contributed by atoms with Crippen molar-refractivity contribution in [2.45, 2.75) is 64.5 Å². The number of thiophene rings is 1. The molecule has 4 nitrogen and oxygen atoms in total. The van der Waals surface area contributed by atoms with Gasteiger partial charge in [-0.2, -0.15) is 11.8 Å². The van der Waals surface area contributed by atoms with E-state index in [0.717, 1.165) is 54.8 Å². The Morgan fingerprint density at radius 2 is 2.04 bits per heavy atom. The molecule has 4 rings (SSSR count). The fourth-order valence-electron chi connectivity index (χ4n) is 3.80. The van der Waals surface area contributed by atoms with Crippen LogP contribution in [-0.4, -0.2) is 27.1 Å². The molecule has 1 N–H and O–H groups in total. The van der Waals surface area contributed by atoms with Crippen molar-refractivity contribution in [3.8, 4) is 0 Å². The van der Waals surface area contributed by atoms with Crippen molar-refractivity contribution in [2.75, 3.05) is 16.8 Å². The SMILES string of the molecule is CCCn1c(NC2CCSCC2)nc2sc3c(c2c1=O)CCCC3. The van der Waals surface area contributed by atoms with Crippen LogP contribution in [0.2, 0.25) is 0 Å². The molecule has 0 atom stereocenters. The average Bonchev–Trinajstić information content (AvgIpc) is 2.97. The molecule has 6 heteroatoms. The van der Waals surface area contributed by atoms with E-state index < -0.39 is 0 Å². The van der Waals surface area contributed by atoms with E-state index in [2.05, 4.69) is 12.2 Å². The lowest BCUT2D eigenvalue weighted by Gasteiger charge is -2.24. The second-order valence-corrected chi connectivity index (χ2v) is 9.12. The van der Waals surface area contributed by atoms with Crippen molar-refractivity contribution in [3.05, 3.63) is 20.8 Å². The summed E-state index contributed by atoms with van der Waals surface area (Å²) in [5.41, 5.74) is 1.47. The molecule has 1 aliphatic heterocycles. The molecule has 2 aromatic heterocycles. The molecule has 24 heavy (non-hydrogen) atoms. The number of nitrogens with one attached hydrogen (secondary N) is 1. The monoisotopic (exact) mass is 363 g/mol. The highest BCUT2D eigenvalue weighted by atomic mass is 32.2. The molecule has 3 heterocycles. The largest absolute Gasteiger partial charge is 0.353 e.